The molecule has 0 saturated carbocycles. The van der Waals surface area contributed by atoms with Crippen molar-refractivity contribution in [1.82, 2.24) is 4.90 Å². The van der Waals surface area contributed by atoms with Gasteiger partial charge < -0.3 is 24.6 Å². The third-order valence-electron chi connectivity index (χ3n) is 7.93. The Bertz CT molecular complexity index is 1600. The first-order valence-corrected chi connectivity index (χ1v) is 15.1. The highest BCUT2D eigenvalue weighted by Crippen LogP contribution is 2.32. The van der Waals surface area contributed by atoms with Crippen LogP contribution >= 0.6 is 0 Å². The van der Waals surface area contributed by atoms with Crippen LogP contribution in [0.25, 0.3) is 11.1 Å². The van der Waals surface area contributed by atoms with Crippen molar-refractivity contribution in [3.63, 3.8) is 0 Å². The minimum atomic E-state index is -0.168. The third kappa shape index (κ3) is 7.22. The molecule has 0 radical (unpaired) electrons. The summed E-state index contributed by atoms with van der Waals surface area (Å²) in [6, 6.07) is 29.1. The molecule has 1 heterocycles. The summed E-state index contributed by atoms with van der Waals surface area (Å²) in [6.45, 7) is 11.8. The summed E-state index contributed by atoms with van der Waals surface area (Å²) >= 11 is 0. The molecule has 1 N–H and O–H groups in total. The van der Waals surface area contributed by atoms with Gasteiger partial charge in [0, 0.05) is 48.7 Å². The Balaban J connectivity index is 1.25. The summed E-state index contributed by atoms with van der Waals surface area (Å²) in [6.07, 6.45) is 0. The van der Waals surface area contributed by atoms with E-state index in [-0.39, 0.29) is 17.2 Å². The van der Waals surface area contributed by atoms with Crippen molar-refractivity contribution in [2.24, 2.45) is 0 Å². The molecule has 4 aromatic carbocycles. The van der Waals surface area contributed by atoms with Gasteiger partial charge in [-0.15, -0.1) is 0 Å². The molecule has 1 aliphatic rings. The van der Waals surface area contributed by atoms with E-state index in [1.807, 2.05) is 90.7 Å². The summed E-state index contributed by atoms with van der Waals surface area (Å²) in [7, 11) is 1.61. The second-order valence-corrected chi connectivity index (χ2v) is 12.0. The van der Waals surface area contributed by atoms with E-state index in [0.717, 1.165) is 33.9 Å². The molecule has 7 nitrogen and oxygen atoms in total. The first-order chi connectivity index (χ1) is 21.1. The molecule has 1 aliphatic heterocycles. The number of carbonyl (C=O) groups excluding carboxylic acids is 2. The molecule has 0 aliphatic carbocycles. The maximum Gasteiger partial charge on any atom is 0.255 e. The maximum absolute atomic E-state index is 13.8. The van der Waals surface area contributed by atoms with Crippen molar-refractivity contribution in [3.8, 4) is 22.6 Å². The summed E-state index contributed by atoms with van der Waals surface area (Å²) in [4.78, 5) is 30.8. The van der Waals surface area contributed by atoms with Gasteiger partial charge in [0.05, 0.1) is 13.7 Å². The second kappa shape index (κ2) is 13.2. The Kier molecular flexibility index (Phi) is 9.23. The number of benzene rings is 4. The lowest BCUT2D eigenvalue weighted by Crippen LogP contribution is -2.48. The normalized spacial score (nSPS) is 13.4. The lowest BCUT2D eigenvalue weighted by Gasteiger charge is -2.36. The highest BCUT2D eigenvalue weighted by atomic mass is 16.5. The van der Waals surface area contributed by atoms with Gasteiger partial charge in [0.15, 0.2) is 0 Å². The predicted molar refractivity (Wildman–Crippen MR) is 177 cm³/mol. The molecule has 0 unspecified atom stereocenters. The van der Waals surface area contributed by atoms with Gasteiger partial charge in [-0.2, -0.15) is 0 Å². The molecule has 44 heavy (non-hydrogen) atoms. The van der Waals surface area contributed by atoms with E-state index in [4.69, 9.17) is 9.47 Å². The summed E-state index contributed by atoms with van der Waals surface area (Å²) in [5, 5.41) is 2.92. The zero-order valence-electron chi connectivity index (χ0n) is 26.2. The standard InChI is InChI=1S/C37H41N3O4/c1-6-44-34-9-7-8-27(25-34)28-22-29(24-30(23-28)37(2,3)4)36(42)40-20-18-39(19-21-40)32-14-10-26(11-15-32)35(41)38-31-12-16-33(43-5)17-13-31/h7-17,22-25H,6,18-21H2,1-5H3,(H,38,41). The van der Waals surface area contributed by atoms with Crippen LogP contribution in [0.4, 0.5) is 11.4 Å². The molecule has 5 rings (SSSR count). The molecular formula is C37H41N3O4. The van der Waals surface area contributed by atoms with Crippen molar-refractivity contribution in [3.05, 3.63) is 108 Å². The number of rotatable bonds is 8. The van der Waals surface area contributed by atoms with Gasteiger partial charge in [0.25, 0.3) is 11.8 Å². The van der Waals surface area contributed by atoms with Gasteiger partial charge in [0.1, 0.15) is 11.5 Å². The topological polar surface area (TPSA) is 71.1 Å². The second-order valence-electron chi connectivity index (χ2n) is 12.0. The van der Waals surface area contributed by atoms with Crippen LogP contribution in [0.2, 0.25) is 0 Å². The maximum atomic E-state index is 13.8. The van der Waals surface area contributed by atoms with Crippen molar-refractivity contribution in [2.45, 2.75) is 33.1 Å². The van der Waals surface area contributed by atoms with E-state index in [1.54, 1.807) is 7.11 Å². The fraction of sp³-hybridized carbons (Fsp3) is 0.297. The molecular weight excluding hydrogens is 550 g/mol. The van der Waals surface area contributed by atoms with Gasteiger partial charge >= 0.3 is 0 Å². The molecule has 228 valence electrons. The van der Waals surface area contributed by atoms with Crippen molar-refractivity contribution in [1.29, 1.82) is 0 Å². The molecule has 4 aromatic rings. The third-order valence-corrected chi connectivity index (χ3v) is 7.93. The average molecular weight is 592 g/mol. The average Bonchev–Trinajstić information content (AvgIpc) is 3.04. The van der Waals surface area contributed by atoms with Crippen LogP contribution in [-0.2, 0) is 5.41 Å². The lowest BCUT2D eigenvalue weighted by atomic mass is 9.84. The predicted octanol–water partition coefficient (Wildman–Crippen LogP) is 7.27. The number of hydrogen-bond acceptors (Lipinski definition) is 5. The van der Waals surface area contributed by atoms with Crippen LogP contribution in [0, 0.1) is 0 Å². The molecule has 0 atom stereocenters. The molecule has 0 spiro atoms. The van der Waals surface area contributed by atoms with Crippen LogP contribution in [0.15, 0.2) is 91.0 Å². The van der Waals surface area contributed by atoms with Gasteiger partial charge in [-0.05, 0) is 102 Å². The van der Waals surface area contributed by atoms with Crippen molar-refractivity contribution >= 4 is 23.2 Å². The summed E-state index contributed by atoms with van der Waals surface area (Å²) in [5.74, 6) is 1.43. The monoisotopic (exact) mass is 591 g/mol. The number of nitrogens with one attached hydrogen (secondary N) is 1. The van der Waals surface area contributed by atoms with Crippen molar-refractivity contribution in [2.75, 3.05) is 50.1 Å². The Morgan fingerprint density at radius 1 is 0.773 bits per heavy atom. The Morgan fingerprint density at radius 3 is 2.11 bits per heavy atom. The summed E-state index contributed by atoms with van der Waals surface area (Å²) < 4.78 is 10.9. The number of hydrogen-bond donors (Lipinski definition) is 1. The molecule has 1 saturated heterocycles. The fourth-order valence-corrected chi connectivity index (χ4v) is 5.33. The van der Waals surface area contributed by atoms with Gasteiger partial charge in [-0.25, -0.2) is 0 Å². The van der Waals surface area contributed by atoms with Gasteiger partial charge in [-0.1, -0.05) is 39.0 Å². The van der Waals surface area contributed by atoms with E-state index in [1.165, 1.54) is 0 Å². The fourth-order valence-electron chi connectivity index (χ4n) is 5.33. The SMILES string of the molecule is CCOc1cccc(-c2cc(C(=O)N3CCN(c4ccc(C(=O)Nc5ccc(OC)cc5)cc4)CC3)cc(C(C)(C)C)c2)c1. The quantitative estimate of drug-likeness (QED) is 0.233. The zero-order valence-corrected chi connectivity index (χ0v) is 26.2. The van der Waals surface area contributed by atoms with Crippen molar-refractivity contribution < 1.29 is 19.1 Å². The number of methoxy groups -OCH3 is 1. The minimum Gasteiger partial charge on any atom is -0.497 e. The van der Waals surface area contributed by atoms with Gasteiger partial charge in [-0.3, -0.25) is 9.59 Å². The first kappa shape index (κ1) is 30.7. The van der Waals surface area contributed by atoms with E-state index in [2.05, 4.69) is 43.1 Å². The van der Waals surface area contributed by atoms with Crippen LogP contribution in [0.5, 0.6) is 11.5 Å². The Labute approximate surface area is 260 Å². The van der Waals surface area contributed by atoms with Crippen LogP contribution in [-0.4, -0.2) is 56.6 Å². The molecule has 1 fully saturated rings. The van der Waals surface area contributed by atoms with E-state index in [0.29, 0.717) is 49.6 Å². The number of amides is 2. The number of piperazine rings is 1. The summed E-state index contributed by atoms with van der Waals surface area (Å²) in [5.41, 5.74) is 6.08. The first-order valence-electron chi connectivity index (χ1n) is 15.1. The number of carbonyl (C=O) groups is 2. The highest BCUT2D eigenvalue weighted by Gasteiger charge is 2.25. The van der Waals surface area contributed by atoms with E-state index < -0.39 is 0 Å². The number of ether oxygens (including phenoxy) is 2. The number of anilines is 2. The van der Waals surface area contributed by atoms with Crippen LogP contribution < -0.4 is 19.7 Å². The largest absolute Gasteiger partial charge is 0.497 e. The van der Waals surface area contributed by atoms with E-state index >= 15 is 0 Å². The molecule has 0 bridgehead atoms. The molecule has 0 aromatic heterocycles. The Hall–Kier alpha value is -4.78. The lowest BCUT2D eigenvalue weighted by molar-refractivity contribution is 0.0746. The smallest absolute Gasteiger partial charge is 0.255 e. The highest BCUT2D eigenvalue weighted by molar-refractivity contribution is 6.04. The number of nitrogens with zero attached hydrogens (tertiary/aromatic N) is 2. The minimum absolute atomic E-state index is 0.0449. The van der Waals surface area contributed by atoms with Gasteiger partial charge in [0.2, 0.25) is 0 Å². The zero-order chi connectivity index (χ0) is 31.3. The van der Waals surface area contributed by atoms with E-state index in [9.17, 15) is 9.59 Å². The van der Waals surface area contributed by atoms with Crippen LogP contribution in [0.1, 0.15) is 54.0 Å². The van der Waals surface area contributed by atoms with Crippen LogP contribution in [0.3, 0.4) is 0 Å². The molecule has 2 amide bonds. The molecule has 7 heteroatoms. The Morgan fingerprint density at radius 2 is 1.48 bits per heavy atom.